The molecule has 0 aliphatic heterocycles. The highest BCUT2D eigenvalue weighted by Gasteiger charge is 2.33. The Kier molecular flexibility index (Phi) is 7.01. The number of nitrogens with one attached hydrogen (secondary N) is 1. The van der Waals surface area contributed by atoms with Gasteiger partial charge in [-0.05, 0) is 57.1 Å². The quantitative estimate of drug-likeness (QED) is 0.593. The van der Waals surface area contributed by atoms with Crippen molar-refractivity contribution in [3.63, 3.8) is 0 Å². The van der Waals surface area contributed by atoms with Gasteiger partial charge in [0.25, 0.3) is 5.91 Å². The number of sulfone groups is 1. The summed E-state index contributed by atoms with van der Waals surface area (Å²) in [5.41, 5.74) is 0.940. The summed E-state index contributed by atoms with van der Waals surface area (Å²) in [5, 5.41) is 24.0. The summed E-state index contributed by atoms with van der Waals surface area (Å²) in [6, 6.07) is -0.0280. The summed E-state index contributed by atoms with van der Waals surface area (Å²) in [7, 11) is -3.54. The summed E-state index contributed by atoms with van der Waals surface area (Å²) in [6.45, 7) is 4.96. The summed E-state index contributed by atoms with van der Waals surface area (Å²) in [5.74, 6) is -0.247. The van der Waals surface area contributed by atoms with Crippen LogP contribution in [0.25, 0.3) is 0 Å². The first kappa shape index (κ1) is 23.3. The minimum atomic E-state index is -3.54. The fraction of sp³-hybridized carbons (Fsp3) is 0.571. The van der Waals surface area contributed by atoms with E-state index in [1.807, 2.05) is 6.08 Å². The van der Waals surface area contributed by atoms with Crippen molar-refractivity contribution in [1.82, 2.24) is 5.32 Å². The van der Waals surface area contributed by atoms with Crippen LogP contribution in [-0.4, -0.2) is 41.9 Å². The Morgan fingerprint density at radius 1 is 1.23 bits per heavy atom. The van der Waals surface area contributed by atoms with Crippen LogP contribution in [0.15, 0.2) is 33.8 Å². The molecule has 9 heteroatoms. The van der Waals surface area contributed by atoms with Crippen molar-refractivity contribution in [3.8, 4) is 0 Å². The number of rotatable bonds is 5. The average molecular weight is 474 g/mol. The summed E-state index contributed by atoms with van der Waals surface area (Å²) < 4.78 is 24.8. The second-order valence-corrected chi connectivity index (χ2v) is 12.1. The zero-order chi connectivity index (χ0) is 22.2. The van der Waals surface area contributed by atoms with Gasteiger partial charge in [0, 0.05) is 17.3 Å². The lowest BCUT2D eigenvalue weighted by molar-refractivity contribution is 0.0918. The van der Waals surface area contributed by atoms with Crippen LogP contribution in [0.3, 0.4) is 0 Å². The van der Waals surface area contributed by atoms with Gasteiger partial charge in [-0.25, -0.2) is 8.42 Å². The first-order valence-corrected chi connectivity index (χ1v) is 12.9. The van der Waals surface area contributed by atoms with Crippen LogP contribution in [0, 0.1) is 11.8 Å². The van der Waals surface area contributed by atoms with E-state index >= 15 is 0 Å². The Hall–Kier alpha value is -1.35. The third kappa shape index (κ3) is 4.47. The van der Waals surface area contributed by atoms with Crippen LogP contribution in [0.5, 0.6) is 0 Å². The van der Waals surface area contributed by atoms with Gasteiger partial charge in [0.1, 0.15) is 4.88 Å². The van der Waals surface area contributed by atoms with Gasteiger partial charge in [0.2, 0.25) is 0 Å². The first-order valence-electron chi connectivity index (χ1n) is 10.1. The Labute approximate surface area is 186 Å². The molecular weight excluding hydrogens is 446 g/mol. The SMILES string of the molecule is CC1C(O)=CC=C(C2CCC(NC(=O)c3scc(S(=O)(=O)C(C)C)c3Cl)CC2)C1O. The van der Waals surface area contributed by atoms with E-state index in [9.17, 15) is 23.4 Å². The number of aliphatic hydroxyl groups is 2. The van der Waals surface area contributed by atoms with E-state index in [1.165, 1.54) is 5.38 Å². The van der Waals surface area contributed by atoms with Crippen LogP contribution in [-0.2, 0) is 9.84 Å². The minimum Gasteiger partial charge on any atom is -0.512 e. The molecule has 0 bridgehead atoms. The summed E-state index contributed by atoms with van der Waals surface area (Å²) in [6.07, 6.45) is 5.93. The molecule has 1 heterocycles. The van der Waals surface area contributed by atoms with Gasteiger partial charge in [-0.15, -0.1) is 11.3 Å². The molecule has 3 rings (SSSR count). The van der Waals surface area contributed by atoms with E-state index in [1.54, 1.807) is 26.8 Å². The lowest BCUT2D eigenvalue weighted by Crippen LogP contribution is -2.39. The maximum Gasteiger partial charge on any atom is 0.263 e. The fourth-order valence-electron chi connectivity index (χ4n) is 4.01. The molecule has 1 fully saturated rings. The van der Waals surface area contributed by atoms with Gasteiger partial charge in [0.15, 0.2) is 9.84 Å². The molecule has 2 unspecified atom stereocenters. The molecule has 2 aliphatic rings. The lowest BCUT2D eigenvalue weighted by atomic mass is 9.75. The van der Waals surface area contributed by atoms with Crippen LogP contribution in [0.1, 0.15) is 56.1 Å². The normalized spacial score (nSPS) is 27.5. The highest BCUT2D eigenvalue weighted by atomic mass is 35.5. The van der Waals surface area contributed by atoms with Crippen LogP contribution in [0.4, 0.5) is 0 Å². The number of aliphatic hydroxyl groups excluding tert-OH is 2. The van der Waals surface area contributed by atoms with Crippen LogP contribution >= 0.6 is 22.9 Å². The summed E-state index contributed by atoms with van der Waals surface area (Å²) >= 11 is 7.29. The highest BCUT2D eigenvalue weighted by molar-refractivity contribution is 7.92. The standard InChI is InChI=1S/C21H28ClNO5S2/c1-11(2)30(27,28)17-10-29-20(18(17)22)21(26)23-14-6-4-13(5-7-14)15-8-9-16(24)12(3)19(15)25/h8-14,19,24-25H,4-7H2,1-3H3,(H,23,26). The van der Waals surface area contributed by atoms with E-state index in [4.69, 9.17) is 11.6 Å². The van der Waals surface area contributed by atoms with Gasteiger partial charge in [-0.3, -0.25) is 4.79 Å². The Morgan fingerprint density at radius 3 is 2.47 bits per heavy atom. The maximum atomic E-state index is 12.7. The molecule has 0 aromatic carbocycles. The third-order valence-corrected chi connectivity index (χ3v) is 10.0. The number of carbonyl (C=O) groups is 1. The van der Waals surface area contributed by atoms with Crippen molar-refractivity contribution in [2.75, 3.05) is 0 Å². The van der Waals surface area contributed by atoms with E-state index in [-0.39, 0.29) is 44.3 Å². The van der Waals surface area contributed by atoms with Crippen LogP contribution < -0.4 is 5.32 Å². The van der Waals surface area contributed by atoms with Crippen LogP contribution in [0.2, 0.25) is 5.02 Å². The number of amides is 1. The van der Waals surface area contributed by atoms with Gasteiger partial charge < -0.3 is 15.5 Å². The van der Waals surface area contributed by atoms with Crippen molar-refractivity contribution in [2.45, 2.75) is 68.7 Å². The largest absolute Gasteiger partial charge is 0.512 e. The Bertz CT molecular complexity index is 972. The van der Waals surface area contributed by atoms with Crippen molar-refractivity contribution in [1.29, 1.82) is 0 Å². The zero-order valence-corrected chi connectivity index (χ0v) is 19.6. The van der Waals surface area contributed by atoms with Crippen molar-refractivity contribution in [2.24, 2.45) is 11.8 Å². The van der Waals surface area contributed by atoms with Gasteiger partial charge in [-0.2, -0.15) is 0 Å². The van der Waals surface area contributed by atoms with E-state index in [0.29, 0.717) is 0 Å². The predicted molar refractivity (Wildman–Crippen MR) is 119 cm³/mol. The second-order valence-electron chi connectivity index (χ2n) is 8.35. The molecule has 1 saturated carbocycles. The molecule has 2 atom stereocenters. The molecule has 0 saturated heterocycles. The molecule has 30 heavy (non-hydrogen) atoms. The number of hydrogen-bond acceptors (Lipinski definition) is 6. The average Bonchev–Trinajstić information content (AvgIpc) is 3.09. The summed E-state index contributed by atoms with van der Waals surface area (Å²) in [4.78, 5) is 12.9. The lowest BCUT2D eigenvalue weighted by Gasteiger charge is -2.35. The first-order chi connectivity index (χ1) is 14.0. The molecule has 3 N–H and O–H groups in total. The van der Waals surface area contributed by atoms with E-state index in [2.05, 4.69) is 5.32 Å². The third-order valence-electron chi connectivity index (χ3n) is 6.09. The molecule has 1 aromatic heterocycles. The number of hydrogen-bond donors (Lipinski definition) is 3. The zero-order valence-electron chi connectivity index (χ0n) is 17.3. The molecule has 0 spiro atoms. The van der Waals surface area contributed by atoms with Crippen molar-refractivity contribution < 1.29 is 23.4 Å². The molecule has 6 nitrogen and oxygen atoms in total. The Balaban J connectivity index is 1.62. The van der Waals surface area contributed by atoms with E-state index in [0.717, 1.165) is 42.6 Å². The number of thiophene rings is 1. The monoisotopic (exact) mass is 473 g/mol. The van der Waals surface area contributed by atoms with Gasteiger partial charge in [0.05, 0.1) is 27.0 Å². The fourth-order valence-corrected chi connectivity index (χ4v) is 7.00. The number of halogens is 1. The molecule has 2 aliphatic carbocycles. The topological polar surface area (TPSA) is 104 Å². The molecule has 1 aromatic rings. The molecule has 0 radical (unpaired) electrons. The molecular formula is C21H28ClNO5S2. The van der Waals surface area contributed by atoms with Gasteiger partial charge in [-0.1, -0.05) is 24.6 Å². The highest BCUT2D eigenvalue weighted by Crippen LogP contribution is 2.37. The van der Waals surface area contributed by atoms with Crippen molar-refractivity contribution in [3.05, 3.63) is 38.8 Å². The predicted octanol–water partition coefficient (Wildman–Crippen LogP) is 4.25. The molecule has 1 amide bonds. The van der Waals surface area contributed by atoms with E-state index < -0.39 is 21.2 Å². The second kappa shape index (κ2) is 9.02. The van der Waals surface area contributed by atoms with Crippen molar-refractivity contribution >= 4 is 38.7 Å². The number of allylic oxidation sites excluding steroid dienone is 2. The van der Waals surface area contributed by atoms with Gasteiger partial charge >= 0.3 is 0 Å². The number of carbonyl (C=O) groups excluding carboxylic acids is 1. The Morgan fingerprint density at radius 2 is 1.87 bits per heavy atom. The smallest absolute Gasteiger partial charge is 0.263 e. The minimum absolute atomic E-state index is 0.00375. The molecule has 166 valence electrons. The maximum absolute atomic E-state index is 12.7.